The second kappa shape index (κ2) is 2.82. The van der Waals surface area contributed by atoms with E-state index in [1.54, 1.807) is 11.3 Å². The van der Waals surface area contributed by atoms with Crippen molar-refractivity contribution in [1.29, 1.82) is 5.26 Å². The first-order chi connectivity index (χ1) is 4.75. The van der Waals surface area contributed by atoms with Gasteiger partial charge in [0.05, 0.1) is 6.07 Å². The molecule has 3 heteroatoms. The Bertz CT molecular complexity index is 259. The topological polar surface area (TPSA) is 49.8 Å². The number of nitriles is 1. The van der Waals surface area contributed by atoms with Gasteiger partial charge < -0.3 is 5.73 Å². The molecule has 1 aromatic rings. The van der Waals surface area contributed by atoms with E-state index >= 15 is 0 Å². The molecule has 0 spiro atoms. The van der Waals surface area contributed by atoms with Crippen LogP contribution in [0.2, 0.25) is 0 Å². The van der Waals surface area contributed by atoms with E-state index in [4.69, 9.17) is 11.0 Å². The molecule has 0 fully saturated rings. The molecular weight excluding hydrogens is 144 g/mol. The van der Waals surface area contributed by atoms with Crippen molar-refractivity contribution >= 4 is 11.3 Å². The highest BCUT2D eigenvalue weighted by molar-refractivity contribution is 7.08. The molecule has 10 heavy (non-hydrogen) atoms. The van der Waals surface area contributed by atoms with Crippen LogP contribution in [-0.4, -0.2) is 0 Å². The van der Waals surface area contributed by atoms with Crippen LogP contribution in [0.3, 0.4) is 0 Å². The molecule has 1 unspecified atom stereocenters. The third kappa shape index (κ3) is 1.18. The van der Waals surface area contributed by atoms with Crippen molar-refractivity contribution in [3.8, 4) is 6.07 Å². The number of rotatable bonds is 1. The molecule has 0 saturated heterocycles. The van der Waals surface area contributed by atoms with Crippen LogP contribution < -0.4 is 5.73 Å². The highest BCUT2D eigenvalue weighted by Gasteiger charge is 2.06. The number of nitrogens with two attached hydrogens (primary N) is 1. The molecule has 1 atom stereocenters. The van der Waals surface area contributed by atoms with E-state index in [0.29, 0.717) is 0 Å². The lowest BCUT2D eigenvalue weighted by molar-refractivity contribution is 0.922. The zero-order valence-corrected chi connectivity index (χ0v) is 6.48. The van der Waals surface area contributed by atoms with Crippen molar-refractivity contribution in [2.24, 2.45) is 5.73 Å². The molecule has 1 heterocycles. The molecule has 0 aliphatic heterocycles. The zero-order valence-electron chi connectivity index (χ0n) is 5.66. The summed E-state index contributed by atoms with van der Waals surface area (Å²) in [5, 5.41) is 12.4. The third-order valence-electron chi connectivity index (χ3n) is 1.37. The zero-order chi connectivity index (χ0) is 7.56. The van der Waals surface area contributed by atoms with E-state index in [-0.39, 0.29) is 0 Å². The Kier molecular flexibility index (Phi) is 2.05. The van der Waals surface area contributed by atoms with Gasteiger partial charge in [-0.05, 0) is 28.8 Å². The number of nitrogens with zero attached hydrogens (tertiary/aromatic N) is 1. The largest absolute Gasteiger partial charge is 0.312 e. The van der Waals surface area contributed by atoms with E-state index in [1.165, 1.54) is 0 Å². The summed E-state index contributed by atoms with van der Waals surface area (Å²) >= 11 is 1.58. The van der Waals surface area contributed by atoms with Crippen LogP contribution in [0.25, 0.3) is 0 Å². The third-order valence-corrected chi connectivity index (χ3v) is 2.25. The van der Waals surface area contributed by atoms with E-state index < -0.39 is 6.04 Å². The van der Waals surface area contributed by atoms with Gasteiger partial charge in [0.15, 0.2) is 0 Å². The van der Waals surface area contributed by atoms with Gasteiger partial charge in [0.1, 0.15) is 6.04 Å². The lowest BCUT2D eigenvalue weighted by Crippen LogP contribution is -2.06. The van der Waals surface area contributed by atoms with Crippen molar-refractivity contribution in [2.45, 2.75) is 13.0 Å². The fraction of sp³-hybridized carbons (Fsp3) is 0.286. The Balaban J connectivity index is 2.96. The molecule has 2 N–H and O–H groups in total. The van der Waals surface area contributed by atoms with Crippen LogP contribution in [0.15, 0.2) is 10.8 Å². The first kappa shape index (κ1) is 7.26. The Morgan fingerprint density at radius 3 is 2.80 bits per heavy atom. The molecule has 0 aromatic carbocycles. The van der Waals surface area contributed by atoms with Crippen LogP contribution in [-0.2, 0) is 0 Å². The van der Waals surface area contributed by atoms with Crippen LogP contribution in [0, 0.1) is 18.3 Å². The summed E-state index contributed by atoms with van der Waals surface area (Å²) < 4.78 is 0. The first-order valence-electron chi connectivity index (χ1n) is 2.93. The van der Waals surface area contributed by atoms with E-state index in [0.717, 1.165) is 11.1 Å². The van der Waals surface area contributed by atoms with E-state index in [1.807, 2.05) is 23.8 Å². The second-order valence-corrected chi connectivity index (χ2v) is 2.86. The standard InChI is InChI=1S/C7H8N2S/c1-5-3-10-4-6(5)7(9)2-8/h3-4,7H,9H2,1H3. The van der Waals surface area contributed by atoms with Crippen molar-refractivity contribution < 1.29 is 0 Å². The minimum atomic E-state index is -0.453. The summed E-state index contributed by atoms with van der Waals surface area (Å²) in [6.45, 7) is 1.96. The molecule has 0 bridgehead atoms. The first-order valence-corrected chi connectivity index (χ1v) is 3.88. The second-order valence-electron chi connectivity index (χ2n) is 2.12. The van der Waals surface area contributed by atoms with Crippen molar-refractivity contribution in [3.63, 3.8) is 0 Å². The molecule has 52 valence electrons. The quantitative estimate of drug-likeness (QED) is 0.664. The molecule has 0 radical (unpaired) electrons. The fourth-order valence-electron chi connectivity index (χ4n) is 0.759. The summed E-state index contributed by atoms with van der Waals surface area (Å²) in [6, 6.07) is 1.54. The SMILES string of the molecule is Cc1cscc1C(N)C#N. The minimum Gasteiger partial charge on any atom is -0.312 e. The lowest BCUT2D eigenvalue weighted by Gasteiger charge is -1.98. The lowest BCUT2D eigenvalue weighted by atomic mass is 10.1. The Morgan fingerprint density at radius 1 is 1.70 bits per heavy atom. The van der Waals surface area contributed by atoms with E-state index in [2.05, 4.69) is 0 Å². The van der Waals surface area contributed by atoms with Crippen LogP contribution >= 0.6 is 11.3 Å². The number of hydrogen-bond donors (Lipinski definition) is 1. The van der Waals surface area contributed by atoms with Crippen LogP contribution in [0.4, 0.5) is 0 Å². The van der Waals surface area contributed by atoms with Crippen molar-refractivity contribution in [3.05, 3.63) is 21.9 Å². The maximum atomic E-state index is 8.46. The highest BCUT2D eigenvalue weighted by atomic mass is 32.1. The Labute approximate surface area is 63.9 Å². The molecule has 0 saturated carbocycles. The summed E-state index contributed by atoms with van der Waals surface area (Å²) in [7, 11) is 0. The van der Waals surface area contributed by atoms with Gasteiger partial charge in [0.2, 0.25) is 0 Å². The van der Waals surface area contributed by atoms with Gasteiger partial charge >= 0.3 is 0 Å². The summed E-state index contributed by atoms with van der Waals surface area (Å²) in [5.41, 5.74) is 7.55. The average molecular weight is 152 g/mol. The summed E-state index contributed by atoms with van der Waals surface area (Å²) in [5.74, 6) is 0. The average Bonchev–Trinajstić information content (AvgIpc) is 2.34. The summed E-state index contributed by atoms with van der Waals surface area (Å²) in [6.07, 6.45) is 0. The maximum absolute atomic E-state index is 8.46. The van der Waals surface area contributed by atoms with Crippen molar-refractivity contribution in [1.82, 2.24) is 0 Å². The summed E-state index contributed by atoms with van der Waals surface area (Å²) in [4.78, 5) is 0. The Morgan fingerprint density at radius 2 is 2.40 bits per heavy atom. The van der Waals surface area contributed by atoms with Gasteiger partial charge in [0, 0.05) is 0 Å². The predicted octanol–water partition coefficient (Wildman–Crippen LogP) is 1.58. The molecule has 0 aliphatic rings. The molecule has 0 amide bonds. The monoisotopic (exact) mass is 152 g/mol. The van der Waals surface area contributed by atoms with Crippen LogP contribution in [0.1, 0.15) is 17.2 Å². The molecule has 2 nitrogen and oxygen atoms in total. The number of thiophene rings is 1. The van der Waals surface area contributed by atoms with E-state index in [9.17, 15) is 0 Å². The molecule has 1 rings (SSSR count). The number of aryl methyl sites for hydroxylation is 1. The van der Waals surface area contributed by atoms with Gasteiger partial charge in [-0.25, -0.2) is 0 Å². The highest BCUT2D eigenvalue weighted by Crippen LogP contribution is 2.18. The smallest absolute Gasteiger partial charge is 0.119 e. The fourth-order valence-corrected chi connectivity index (χ4v) is 1.65. The predicted molar refractivity (Wildman–Crippen MR) is 41.6 cm³/mol. The van der Waals surface area contributed by atoms with Crippen LogP contribution in [0.5, 0.6) is 0 Å². The maximum Gasteiger partial charge on any atom is 0.119 e. The number of hydrogen-bond acceptors (Lipinski definition) is 3. The minimum absolute atomic E-state index is 0.453. The van der Waals surface area contributed by atoms with Gasteiger partial charge in [-0.2, -0.15) is 16.6 Å². The van der Waals surface area contributed by atoms with Crippen molar-refractivity contribution in [2.75, 3.05) is 0 Å². The normalized spacial score (nSPS) is 12.5. The molecule has 1 aromatic heterocycles. The van der Waals surface area contributed by atoms with Gasteiger partial charge in [0.25, 0.3) is 0 Å². The molecular formula is C7H8N2S. The van der Waals surface area contributed by atoms with Gasteiger partial charge in [-0.15, -0.1) is 0 Å². The van der Waals surface area contributed by atoms with Gasteiger partial charge in [-0.1, -0.05) is 0 Å². The Hall–Kier alpha value is -0.850. The molecule has 0 aliphatic carbocycles. The van der Waals surface area contributed by atoms with Gasteiger partial charge in [-0.3, -0.25) is 0 Å².